The van der Waals surface area contributed by atoms with E-state index >= 15 is 0 Å². The van der Waals surface area contributed by atoms with E-state index < -0.39 is 11.4 Å². The monoisotopic (exact) mass is 421 g/mol. The highest BCUT2D eigenvalue weighted by molar-refractivity contribution is 8.06. The lowest BCUT2D eigenvalue weighted by atomic mass is 9.97. The number of nitrogens with zero attached hydrogens (tertiary/aromatic N) is 2. The molecule has 1 saturated carbocycles. The van der Waals surface area contributed by atoms with Crippen LogP contribution in [-0.2, 0) is 4.79 Å². The number of nitrogens with two attached hydrogens (primary N) is 2. The Labute approximate surface area is 173 Å². The summed E-state index contributed by atoms with van der Waals surface area (Å²) in [6.45, 7) is 12.8. The molecule has 2 aliphatic rings. The number of aromatic nitrogens is 1. The zero-order valence-corrected chi connectivity index (χ0v) is 18.3. The lowest BCUT2D eigenvalue weighted by Gasteiger charge is -2.25. The fourth-order valence-electron chi connectivity index (χ4n) is 3.43. The van der Waals surface area contributed by atoms with E-state index in [0.717, 1.165) is 21.9 Å². The van der Waals surface area contributed by atoms with Crippen molar-refractivity contribution in [2.45, 2.75) is 46.1 Å². The van der Waals surface area contributed by atoms with Crippen molar-refractivity contribution in [3.05, 3.63) is 27.5 Å². The predicted octanol–water partition coefficient (Wildman–Crippen LogP) is 3.48. The number of aryl methyl sites for hydroxylation is 1. The molecule has 2 atom stereocenters. The molecule has 0 bridgehead atoms. The van der Waals surface area contributed by atoms with Crippen LogP contribution < -0.4 is 16.8 Å². The number of carbonyl (C=O) groups excluding carboxylic acids is 2. The van der Waals surface area contributed by atoms with Gasteiger partial charge in [-0.25, -0.2) is 9.78 Å². The normalized spacial score (nSPS) is 24.1. The van der Waals surface area contributed by atoms with Crippen molar-refractivity contribution in [2.75, 3.05) is 11.9 Å². The average molecular weight is 422 g/mol. The number of piperidine rings is 1. The number of fused-ring (bicyclic) bond motifs is 1. The highest BCUT2D eigenvalue weighted by Crippen LogP contribution is 2.55. The molecule has 3 amide bonds. The van der Waals surface area contributed by atoms with Crippen molar-refractivity contribution in [3.63, 3.8) is 0 Å². The summed E-state index contributed by atoms with van der Waals surface area (Å²) >= 11 is 2.81. The van der Waals surface area contributed by atoms with E-state index in [0.29, 0.717) is 23.8 Å². The average Bonchev–Trinajstić information content (AvgIpc) is 3.03. The highest BCUT2D eigenvalue weighted by atomic mass is 32.2. The third kappa shape index (κ3) is 3.65. The Morgan fingerprint density at radius 2 is 2.11 bits per heavy atom. The van der Waals surface area contributed by atoms with Gasteiger partial charge in [-0.15, -0.1) is 11.8 Å². The SMILES string of the molecule is C=C(S/C=C(\N)c1sc(NC(=O)N2CC[C@@H]3C[C@@]32C(N)=O)nc1C)C(C)(C)C. The third-order valence-electron chi connectivity index (χ3n) is 5.36. The minimum absolute atomic E-state index is 0.0178. The van der Waals surface area contributed by atoms with E-state index in [-0.39, 0.29) is 17.4 Å². The maximum Gasteiger partial charge on any atom is 0.324 e. The summed E-state index contributed by atoms with van der Waals surface area (Å²) in [5.74, 6) is -0.236. The van der Waals surface area contributed by atoms with E-state index in [1.54, 1.807) is 4.90 Å². The van der Waals surface area contributed by atoms with Crippen LogP contribution >= 0.6 is 23.1 Å². The second-order valence-corrected chi connectivity index (χ2v) is 10.3. The van der Waals surface area contributed by atoms with Gasteiger partial charge in [0.15, 0.2) is 5.13 Å². The van der Waals surface area contributed by atoms with Gasteiger partial charge in [-0.05, 0) is 36.0 Å². The number of thiazole rings is 1. The molecule has 1 aromatic rings. The van der Waals surface area contributed by atoms with Crippen LogP contribution in [0, 0.1) is 18.3 Å². The largest absolute Gasteiger partial charge is 0.397 e. The quantitative estimate of drug-likeness (QED) is 0.673. The Morgan fingerprint density at radius 3 is 2.68 bits per heavy atom. The molecule has 2 fully saturated rings. The molecule has 1 aliphatic carbocycles. The van der Waals surface area contributed by atoms with Gasteiger partial charge in [0.05, 0.1) is 16.3 Å². The molecule has 5 N–H and O–H groups in total. The Morgan fingerprint density at radius 1 is 1.43 bits per heavy atom. The molecule has 3 rings (SSSR count). The first-order valence-corrected chi connectivity index (χ1v) is 10.8. The van der Waals surface area contributed by atoms with E-state index in [2.05, 4.69) is 37.7 Å². The molecule has 28 heavy (non-hydrogen) atoms. The summed E-state index contributed by atoms with van der Waals surface area (Å²) in [4.78, 5) is 32.3. The molecule has 1 saturated heterocycles. The summed E-state index contributed by atoms with van der Waals surface area (Å²) in [7, 11) is 0. The van der Waals surface area contributed by atoms with Crippen LogP contribution in [0.4, 0.5) is 9.93 Å². The van der Waals surface area contributed by atoms with Gasteiger partial charge in [-0.2, -0.15) is 0 Å². The number of hydrogen-bond donors (Lipinski definition) is 3. The molecular formula is C19H27N5O2S2. The van der Waals surface area contributed by atoms with E-state index in [9.17, 15) is 9.59 Å². The Balaban J connectivity index is 1.70. The minimum Gasteiger partial charge on any atom is -0.397 e. The maximum atomic E-state index is 12.7. The molecule has 2 heterocycles. The Hall–Kier alpha value is -2.00. The number of thioether (sulfide) groups is 1. The van der Waals surface area contributed by atoms with Crippen molar-refractivity contribution in [1.29, 1.82) is 0 Å². The predicted molar refractivity (Wildman–Crippen MR) is 116 cm³/mol. The van der Waals surface area contributed by atoms with Gasteiger partial charge >= 0.3 is 6.03 Å². The van der Waals surface area contributed by atoms with Crippen LogP contribution in [0.5, 0.6) is 0 Å². The van der Waals surface area contributed by atoms with Gasteiger partial charge in [-0.1, -0.05) is 38.7 Å². The number of allylic oxidation sites excluding steroid dienone is 1. The van der Waals surface area contributed by atoms with Crippen molar-refractivity contribution < 1.29 is 9.59 Å². The van der Waals surface area contributed by atoms with Crippen LogP contribution in [-0.4, -0.2) is 33.9 Å². The molecule has 0 radical (unpaired) electrons. The summed E-state index contributed by atoms with van der Waals surface area (Å²) < 4.78 is 0. The number of amides is 3. The lowest BCUT2D eigenvalue weighted by molar-refractivity contribution is -0.123. The summed E-state index contributed by atoms with van der Waals surface area (Å²) in [5.41, 5.74) is 12.3. The highest BCUT2D eigenvalue weighted by Gasteiger charge is 2.67. The molecule has 0 unspecified atom stereocenters. The first-order chi connectivity index (χ1) is 13.0. The zero-order chi connectivity index (χ0) is 20.9. The van der Waals surface area contributed by atoms with Crippen LogP contribution in [0.3, 0.4) is 0 Å². The number of urea groups is 1. The molecule has 9 heteroatoms. The van der Waals surface area contributed by atoms with E-state index in [4.69, 9.17) is 11.5 Å². The number of hydrogen-bond acceptors (Lipinski definition) is 6. The zero-order valence-electron chi connectivity index (χ0n) is 16.7. The van der Waals surface area contributed by atoms with Gasteiger partial charge < -0.3 is 16.4 Å². The van der Waals surface area contributed by atoms with Gasteiger partial charge in [0.25, 0.3) is 0 Å². The van der Waals surface area contributed by atoms with Crippen molar-refractivity contribution in [2.24, 2.45) is 22.8 Å². The second-order valence-electron chi connectivity index (χ2n) is 8.36. The minimum atomic E-state index is -0.803. The molecular weight excluding hydrogens is 394 g/mol. The molecule has 152 valence electrons. The van der Waals surface area contributed by atoms with Gasteiger partial charge in [0.2, 0.25) is 5.91 Å². The van der Waals surface area contributed by atoms with Crippen LogP contribution in [0.15, 0.2) is 16.9 Å². The number of primary amides is 1. The van der Waals surface area contributed by atoms with Crippen molar-refractivity contribution in [1.82, 2.24) is 9.88 Å². The number of rotatable bonds is 5. The maximum absolute atomic E-state index is 12.7. The molecule has 0 aromatic carbocycles. The van der Waals surface area contributed by atoms with Crippen molar-refractivity contribution >= 4 is 45.9 Å². The Bertz CT molecular complexity index is 870. The van der Waals surface area contributed by atoms with Gasteiger partial charge in [-0.3, -0.25) is 10.1 Å². The Kier molecular flexibility index (Phi) is 5.26. The fourth-order valence-corrected chi connectivity index (χ4v) is 5.13. The summed E-state index contributed by atoms with van der Waals surface area (Å²) in [6.07, 6.45) is 1.46. The van der Waals surface area contributed by atoms with Crippen molar-refractivity contribution in [3.8, 4) is 0 Å². The molecule has 0 spiro atoms. The molecule has 1 aliphatic heterocycles. The number of likely N-dealkylation sites (tertiary alicyclic amines) is 1. The second kappa shape index (κ2) is 7.11. The molecule has 7 nitrogen and oxygen atoms in total. The summed E-state index contributed by atoms with van der Waals surface area (Å²) in [6, 6.07) is -0.336. The smallest absolute Gasteiger partial charge is 0.324 e. The summed E-state index contributed by atoms with van der Waals surface area (Å²) in [5, 5.41) is 5.12. The van der Waals surface area contributed by atoms with Crippen LogP contribution in [0.25, 0.3) is 5.70 Å². The van der Waals surface area contributed by atoms with Gasteiger partial charge in [0, 0.05) is 12.0 Å². The fraction of sp³-hybridized carbons (Fsp3) is 0.526. The van der Waals surface area contributed by atoms with E-state index in [1.807, 2.05) is 12.3 Å². The number of carbonyl (C=O) groups is 2. The number of anilines is 1. The lowest BCUT2D eigenvalue weighted by Crippen LogP contribution is -2.50. The van der Waals surface area contributed by atoms with Crippen LogP contribution in [0.2, 0.25) is 0 Å². The van der Waals surface area contributed by atoms with E-state index in [1.165, 1.54) is 23.1 Å². The first kappa shape index (κ1) is 20.7. The molecule has 1 aromatic heterocycles. The van der Waals surface area contributed by atoms with Gasteiger partial charge in [0.1, 0.15) is 5.54 Å². The number of nitrogens with one attached hydrogen (secondary N) is 1. The van der Waals surface area contributed by atoms with Crippen LogP contribution in [0.1, 0.15) is 44.2 Å². The third-order valence-corrected chi connectivity index (χ3v) is 7.76. The topological polar surface area (TPSA) is 114 Å². The first-order valence-electron chi connectivity index (χ1n) is 9.15. The standard InChI is InChI=1S/C19H27N5O2S2/c1-10-14(13(20)9-27-11(2)18(3,4)5)28-16(22-10)23-17(26)24-7-6-12-8-19(12,24)15(21)25/h9,12H,2,6-8,20H2,1,3-5H3,(H2,21,25)(H,22,23,26)/b13-9-/t12-,19+/m1/s1.